The van der Waals surface area contributed by atoms with Gasteiger partial charge in [-0.15, -0.1) is 0 Å². The number of H-pyrrole nitrogens is 1. The first kappa shape index (κ1) is 42.8. The van der Waals surface area contributed by atoms with E-state index in [-0.39, 0.29) is 30.6 Å². The summed E-state index contributed by atoms with van der Waals surface area (Å²) in [4.78, 5) is 74.7. The van der Waals surface area contributed by atoms with Crippen molar-refractivity contribution < 1.29 is 24.0 Å². The maximum absolute atomic E-state index is 14.8. The van der Waals surface area contributed by atoms with Crippen LogP contribution in [0.3, 0.4) is 0 Å². The van der Waals surface area contributed by atoms with Gasteiger partial charge in [0.1, 0.15) is 24.2 Å². The number of amides is 5. The van der Waals surface area contributed by atoms with Gasteiger partial charge in [-0.2, -0.15) is 0 Å². The van der Waals surface area contributed by atoms with E-state index in [2.05, 4.69) is 44.5 Å². The Morgan fingerprint density at radius 1 is 0.780 bits per heavy atom. The lowest BCUT2D eigenvalue weighted by molar-refractivity contribution is -0.144. The number of benzene rings is 3. The molecular formula is C46H58N8O5. The summed E-state index contributed by atoms with van der Waals surface area (Å²) in [5, 5.41) is 15.2. The number of carbonyl (C=O) groups excluding carboxylic acids is 5. The lowest BCUT2D eigenvalue weighted by Crippen LogP contribution is -2.59. The summed E-state index contributed by atoms with van der Waals surface area (Å²) in [5.74, 6) is -2.66. The molecule has 59 heavy (non-hydrogen) atoms. The Morgan fingerprint density at radius 3 is 2.15 bits per heavy atom. The summed E-state index contributed by atoms with van der Waals surface area (Å²) < 4.78 is 0. The van der Waals surface area contributed by atoms with E-state index in [9.17, 15) is 24.0 Å². The summed E-state index contributed by atoms with van der Waals surface area (Å²) >= 11 is 0. The number of piperidine rings is 1. The Balaban J connectivity index is 1.30. The quantitative estimate of drug-likeness (QED) is 0.0696. The van der Waals surface area contributed by atoms with Crippen LogP contribution in [0.2, 0.25) is 0 Å². The predicted molar refractivity (Wildman–Crippen MR) is 230 cm³/mol. The van der Waals surface area contributed by atoms with E-state index < -0.39 is 47.8 Å². The van der Waals surface area contributed by atoms with Gasteiger partial charge < -0.3 is 42.6 Å². The number of likely N-dealkylation sites (N-methyl/N-ethyl adjacent to an activating group) is 1. The summed E-state index contributed by atoms with van der Waals surface area (Å²) in [7, 11) is 1.69. The Labute approximate surface area is 345 Å². The Bertz CT molecular complexity index is 2200. The molecule has 312 valence electrons. The minimum Gasteiger partial charge on any atom is -0.368 e. The van der Waals surface area contributed by atoms with E-state index in [1.54, 1.807) is 11.9 Å². The number of rotatable bonds is 19. The highest BCUT2D eigenvalue weighted by atomic mass is 16.2. The van der Waals surface area contributed by atoms with E-state index in [1.807, 2.05) is 79.0 Å². The lowest BCUT2D eigenvalue weighted by Gasteiger charge is -2.34. The fourth-order valence-corrected chi connectivity index (χ4v) is 8.23. The van der Waals surface area contributed by atoms with Crippen LogP contribution in [0.4, 0.5) is 0 Å². The van der Waals surface area contributed by atoms with Crippen LogP contribution in [0.5, 0.6) is 0 Å². The molecule has 1 aliphatic carbocycles. The molecule has 1 fully saturated rings. The zero-order chi connectivity index (χ0) is 41.7. The number of fused-ring (bicyclic) bond motifs is 2. The van der Waals surface area contributed by atoms with Gasteiger partial charge in [-0.25, -0.2) is 0 Å². The zero-order valence-corrected chi connectivity index (χ0v) is 33.8. The van der Waals surface area contributed by atoms with Gasteiger partial charge in [0, 0.05) is 42.9 Å². The van der Waals surface area contributed by atoms with Gasteiger partial charge in [-0.05, 0) is 98.1 Å². The highest BCUT2D eigenvalue weighted by Crippen LogP contribution is 2.24. The van der Waals surface area contributed by atoms with Crippen molar-refractivity contribution in [1.82, 2.24) is 31.2 Å². The Morgan fingerprint density at radius 2 is 1.42 bits per heavy atom. The van der Waals surface area contributed by atoms with Crippen LogP contribution in [-0.4, -0.2) is 90.3 Å². The van der Waals surface area contributed by atoms with Crippen molar-refractivity contribution in [2.75, 3.05) is 26.7 Å². The first-order chi connectivity index (χ1) is 28.6. The molecule has 6 rings (SSSR count). The van der Waals surface area contributed by atoms with Crippen LogP contribution in [-0.2, 0) is 36.8 Å². The number of nitrogens with two attached hydrogens (primary N) is 2. The largest absolute Gasteiger partial charge is 0.368 e. The molecule has 1 aliphatic heterocycles. The molecule has 13 heteroatoms. The molecule has 2 aliphatic rings. The molecule has 0 radical (unpaired) electrons. The van der Waals surface area contributed by atoms with Crippen molar-refractivity contribution in [2.45, 2.75) is 82.0 Å². The molecule has 4 aromatic rings. The smallest absolute Gasteiger partial charge is 0.243 e. The molecule has 2 heterocycles. The summed E-state index contributed by atoms with van der Waals surface area (Å²) in [5.41, 5.74) is 13.8. The number of unbranched alkanes of at least 4 members (excludes halogenated alkanes) is 1. The molecule has 0 saturated carbocycles. The number of nitrogens with one attached hydrogen (secondary N) is 5. The van der Waals surface area contributed by atoms with Crippen molar-refractivity contribution in [1.29, 1.82) is 0 Å². The number of hydrogen-bond acceptors (Lipinski definition) is 7. The molecule has 5 amide bonds. The maximum atomic E-state index is 14.8. The standard InChI is InChI=1S/C46H58N8O5/c1-54(46(59)33-20-23-49-24-21-33)41(27-31-18-19-32-13-5-6-14-34(32)25-31)45(58)53-40(28-35-29-50-37-16-8-7-15-36(35)37)44(57)52-39(26-30-11-3-2-4-12-30)43(56)51-38(42(48)55)17-9-10-22-47/h2-8,11-16,19,25,29,31,33,38-41,49-50H,9-10,17-18,20-24,26-28,47H2,1H3,(H2,48,55)(H,51,56)(H,52,57)(H,53,58)/t31?,38-,39?,40?,41?/m0/s1. The highest BCUT2D eigenvalue weighted by Gasteiger charge is 2.36. The first-order valence-corrected chi connectivity index (χ1v) is 20.8. The van der Waals surface area contributed by atoms with Crippen LogP contribution in [0, 0.1) is 11.8 Å². The van der Waals surface area contributed by atoms with Crippen LogP contribution in [0.1, 0.15) is 56.1 Å². The second-order valence-electron chi connectivity index (χ2n) is 15.8. The summed E-state index contributed by atoms with van der Waals surface area (Å²) in [6.45, 7) is 1.88. The second-order valence-corrected chi connectivity index (χ2v) is 15.8. The first-order valence-electron chi connectivity index (χ1n) is 20.8. The van der Waals surface area contributed by atoms with Crippen molar-refractivity contribution in [3.8, 4) is 0 Å². The van der Waals surface area contributed by atoms with Gasteiger partial charge in [0.15, 0.2) is 0 Å². The fraction of sp³-hybridized carbons (Fsp3) is 0.413. The fourth-order valence-electron chi connectivity index (χ4n) is 8.23. The maximum Gasteiger partial charge on any atom is 0.243 e. The normalized spacial score (nSPS) is 17.2. The summed E-state index contributed by atoms with van der Waals surface area (Å²) in [6.07, 6.45) is 10.3. The molecule has 13 nitrogen and oxygen atoms in total. The van der Waals surface area contributed by atoms with Crippen molar-refractivity contribution in [3.63, 3.8) is 0 Å². The third-order valence-electron chi connectivity index (χ3n) is 11.6. The molecule has 0 bridgehead atoms. The van der Waals surface area contributed by atoms with E-state index in [0.717, 1.165) is 45.6 Å². The number of aromatic amines is 1. The van der Waals surface area contributed by atoms with Crippen LogP contribution < -0.4 is 43.2 Å². The third kappa shape index (κ3) is 11.5. The van der Waals surface area contributed by atoms with Gasteiger partial charge >= 0.3 is 0 Å². The number of primary amides is 1. The number of para-hydroxylation sites is 1. The molecule has 5 atom stereocenters. The molecule has 4 unspecified atom stereocenters. The van der Waals surface area contributed by atoms with E-state index in [0.29, 0.717) is 51.5 Å². The Hall–Kier alpha value is -5.79. The number of nitrogens with zero attached hydrogens (tertiary/aromatic N) is 1. The third-order valence-corrected chi connectivity index (χ3v) is 11.6. The molecule has 0 spiro atoms. The van der Waals surface area contributed by atoms with Gasteiger partial charge in [0.2, 0.25) is 29.5 Å². The van der Waals surface area contributed by atoms with E-state index in [1.165, 1.54) is 0 Å². The monoisotopic (exact) mass is 802 g/mol. The zero-order valence-electron chi connectivity index (χ0n) is 33.8. The lowest BCUT2D eigenvalue weighted by atomic mass is 9.89. The number of aromatic nitrogens is 1. The topological polar surface area (TPSA) is 205 Å². The minimum absolute atomic E-state index is 0.0354. The van der Waals surface area contributed by atoms with Crippen LogP contribution >= 0.6 is 0 Å². The van der Waals surface area contributed by atoms with Crippen LogP contribution in [0.25, 0.3) is 23.1 Å². The molecule has 1 saturated heterocycles. The average molecular weight is 803 g/mol. The molecule has 1 aromatic heterocycles. The number of carbonyl (C=O) groups is 5. The Kier molecular flexibility index (Phi) is 15.1. The summed E-state index contributed by atoms with van der Waals surface area (Å²) in [6, 6.07) is 20.9. The van der Waals surface area contributed by atoms with Crippen molar-refractivity contribution in [3.05, 3.63) is 107 Å². The predicted octanol–water partition coefficient (Wildman–Crippen LogP) is 1.52. The van der Waals surface area contributed by atoms with Gasteiger partial charge in [-0.1, -0.05) is 84.9 Å². The van der Waals surface area contributed by atoms with E-state index >= 15 is 0 Å². The molecule has 9 N–H and O–H groups in total. The highest BCUT2D eigenvalue weighted by molar-refractivity contribution is 5.96. The molecule has 3 aromatic carbocycles. The minimum atomic E-state index is -1.14. The van der Waals surface area contributed by atoms with E-state index in [4.69, 9.17) is 11.5 Å². The van der Waals surface area contributed by atoms with Crippen molar-refractivity contribution in [2.24, 2.45) is 23.3 Å². The van der Waals surface area contributed by atoms with Gasteiger partial charge in [0.05, 0.1) is 0 Å². The second kappa shape index (κ2) is 20.8. The SMILES string of the molecule is CN(C(=O)C1CCNCC1)C(CC1C=c2ccccc2=CC1)C(=O)NC(Cc1c[nH]c2ccccc12)C(=O)NC(Cc1ccccc1)C(=O)N[C@@H](CCCCN)C(N)=O. The van der Waals surface area contributed by atoms with Gasteiger partial charge in [-0.3, -0.25) is 24.0 Å². The van der Waals surface area contributed by atoms with Crippen LogP contribution in [0.15, 0.2) is 85.1 Å². The van der Waals surface area contributed by atoms with Crippen molar-refractivity contribution >= 4 is 52.6 Å². The number of hydrogen-bond donors (Lipinski definition) is 7. The van der Waals surface area contributed by atoms with Gasteiger partial charge in [0.25, 0.3) is 0 Å². The molecular weight excluding hydrogens is 745 g/mol. The average Bonchev–Trinajstić information content (AvgIpc) is 3.67.